The number of halogens is 1. The maximum absolute atomic E-state index is 6.23. The van der Waals surface area contributed by atoms with E-state index in [0.717, 1.165) is 22.6 Å². The van der Waals surface area contributed by atoms with Gasteiger partial charge in [0.1, 0.15) is 10.8 Å². The van der Waals surface area contributed by atoms with Gasteiger partial charge in [-0.25, -0.2) is 4.98 Å². The van der Waals surface area contributed by atoms with Crippen LogP contribution in [0.3, 0.4) is 0 Å². The highest BCUT2D eigenvalue weighted by Gasteiger charge is 2.14. The van der Waals surface area contributed by atoms with E-state index < -0.39 is 0 Å². The molecule has 0 aliphatic carbocycles. The van der Waals surface area contributed by atoms with Crippen molar-refractivity contribution in [1.29, 1.82) is 0 Å². The number of benzene rings is 1. The van der Waals surface area contributed by atoms with Crippen molar-refractivity contribution < 1.29 is 0 Å². The van der Waals surface area contributed by atoms with Gasteiger partial charge in [-0.1, -0.05) is 47.5 Å². The van der Waals surface area contributed by atoms with E-state index in [1.807, 2.05) is 22.6 Å². The van der Waals surface area contributed by atoms with Crippen molar-refractivity contribution in [3.8, 4) is 11.3 Å². The predicted octanol–water partition coefficient (Wildman–Crippen LogP) is 3.42. The van der Waals surface area contributed by atoms with Crippen molar-refractivity contribution >= 4 is 17.2 Å². The van der Waals surface area contributed by atoms with Crippen molar-refractivity contribution in [2.45, 2.75) is 13.5 Å². The molecule has 0 spiro atoms. The molecular weight excluding hydrogens is 258 g/mol. The van der Waals surface area contributed by atoms with Gasteiger partial charge in [-0.3, -0.25) is 4.40 Å². The molecule has 2 aromatic heterocycles. The summed E-state index contributed by atoms with van der Waals surface area (Å²) in [6, 6.07) is 13.9. The predicted molar refractivity (Wildman–Crippen MR) is 78.3 cm³/mol. The number of nitrogens with two attached hydrogens (primary N) is 1. The van der Waals surface area contributed by atoms with E-state index in [1.165, 1.54) is 5.56 Å². The Morgan fingerprint density at radius 3 is 2.58 bits per heavy atom. The second-order valence-electron chi connectivity index (χ2n) is 4.52. The average molecular weight is 272 g/mol. The van der Waals surface area contributed by atoms with Crippen LogP contribution in [0.1, 0.15) is 11.3 Å². The van der Waals surface area contributed by atoms with Crippen molar-refractivity contribution in [3.05, 3.63) is 58.9 Å². The van der Waals surface area contributed by atoms with E-state index in [2.05, 4.69) is 36.2 Å². The summed E-state index contributed by atoms with van der Waals surface area (Å²) in [6.07, 6.45) is 0. The van der Waals surface area contributed by atoms with Crippen LogP contribution in [0.4, 0.5) is 0 Å². The lowest BCUT2D eigenvalue weighted by atomic mass is 10.1. The highest BCUT2D eigenvalue weighted by molar-refractivity contribution is 6.29. The van der Waals surface area contributed by atoms with Crippen LogP contribution in [0.5, 0.6) is 0 Å². The number of nitrogens with zero attached hydrogens (tertiary/aromatic N) is 2. The summed E-state index contributed by atoms with van der Waals surface area (Å²) < 4.78 is 1.90. The van der Waals surface area contributed by atoms with E-state index in [-0.39, 0.29) is 0 Å². The van der Waals surface area contributed by atoms with Crippen LogP contribution >= 0.6 is 11.6 Å². The van der Waals surface area contributed by atoms with Gasteiger partial charge in [0.25, 0.3) is 0 Å². The first-order chi connectivity index (χ1) is 9.20. The molecule has 0 radical (unpaired) electrons. The van der Waals surface area contributed by atoms with Gasteiger partial charge in [0, 0.05) is 12.1 Å². The second-order valence-corrected chi connectivity index (χ2v) is 4.91. The zero-order valence-corrected chi connectivity index (χ0v) is 11.4. The number of fused-ring (bicyclic) bond motifs is 1. The Morgan fingerprint density at radius 1 is 1.16 bits per heavy atom. The van der Waals surface area contributed by atoms with Gasteiger partial charge < -0.3 is 5.73 Å². The molecule has 19 heavy (non-hydrogen) atoms. The van der Waals surface area contributed by atoms with Crippen LogP contribution < -0.4 is 5.73 Å². The van der Waals surface area contributed by atoms with Gasteiger partial charge in [-0.05, 0) is 19.1 Å². The Hall–Kier alpha value is -1.84. The summed E-state index contributed by atoms with van der Waals surface area (Å²) in [7, 11) is 0. The number of aryl methyl sites for hydroxylation is 1. The van der Waals surface area contributed by atoms with Crippen LogP contribution in [0.15, 0.2) is 42.5 Å². The van der Waals surface area contributed by atoms with E-state index in [4.69, 9.17) is 17.3 Å². The van der Waals surface area contributed by atoms with Crippen molar-refractivity contribution in [2.24, 2.45) is 5.73 Å². The first-order valence-electron chi connectivity index (χ1n) is 6.13. The molecule has 0 aliphatic heterocycles. The summed E-state index contributed by atoms with van der Waals surface area (Å²) in [5.41, 5.74) is 10.8. The van der Waals surface area contributed by atoms with Crippen molar-refractivity contribution in [3.63, 3.8) is 0 Å². The van der Waals surface area contributed by atoms with Crippen LogP contribution in [-0.4, -0.2) is 9.38 Å². The molecule has 2 heterocycles. The first-order valence-corrected chi connectivity index (χ1v) is 6.51. The average Bonchev–Trinajstić information content (AvgIpc) is 2.79. The third kappa shape index (κ3) is 2.01. The molecule has 3 rings (SSSR count). The molecule has 3 nitrogen and oxygen atoms in total. The molecule has 3 aromatic rings. The van der Waals surface area contributed by atoms with Crippen LogP contribution in [-0.2, 0) is 6.54 Å². The molecule has 0 atom stereocenters. The van der Waals surface area contributed by atoms with Crippen molar-refractivity contribution in [2.75, 3.05) is 0 Å². The summed E-state index contributed by atoms with van der Waals surface area (Å²) in [5.74, 6) is 0. The fourth-order valence-corrected chi connectivity index (χ4v) is 2.50. The minimum Gasteiger partial charge on any atom is -0.325 e. The lowest BCUT2D eigenvalue weighted by molar-refractivity contribution is 0.962. The van der Waals surface area contributed by atoms with Crippen LogP contribution in [0.2, 0.25) is 5.15 Å². The lowest BCUT2D eigenvalue weighted by Gasteiger charge is -2.04. The molecule has 2 N–H and O–H groups in total. The summed E-state index contributed by atoms with van der Waals surface area (Å²) >= 11 is 6.23. The zero-order valence-electron chi connectivity index (χ0n) is 10.6. The molecule has 96 valence electrons. The summed E-state index contributed by atoms with van der Waals surface area (Å²) in [4.78, 5) is 4.64. The highest BCUT2D eigenvalue weighted by atomic mass is 35.5. The van der Waals surface area contributed by atoms with E-state index in [0.29, 0.717) is 11.7 Å². The molecule has 0 saturated heterocycles. The van der Waals surface area contributed by atoms with Gasteiger partial charge >= 0.3 is 0 Å². The molecule has 0 saturated carbocycles. The summed E-state index contributed by atoms with van der Waals surface area (Å²) in [6.45, 7) is 2.46. The maximum Gasteiger partial charge on any atom is 0.138 e. The maximum atomic E-state index is 6.23. The minimum absolute atomic E-state index is 0.397. The Labute approximate surface area is 116 Å². The van der Waals surface area contributed by atoms with Gasteiger partial charge in [0.15, 0.2) is 0 Å². The Balaban J connectivity index is 2.29. The fraction of sp³-hybridized carbons (Fsp3) is 0.133. The normalized spacial score (nSPS) is 11.1. The molecule has 0 bridgehead atoms. The number of rotatable bonds is 2. The third-order valence-corrected chi connectivity index (χ3v) is 3.50. The molecule has 0 unspecified atom stereocenters. The SMILES string of the molecule is Cc1ccc(-c2nc3cccc(Cl)n3c2CN)cc1. The monoisotopic (exact) mass is 271 g/mol. The van der Waals surface area contributed by atoms with Crippen LogP contribution in [0.25, 0.3) is 16.9 Å². The Kier molecular flexibility index (Phi) is 3.01. The Morgan fingerprint density at radius 2 is 1.89 bits per heavy atom. The third-order valence-electron chi connectivity index (χ3n) is 3.21. The summed E-state index contributed by atoms with van der Waals surface area (Å²) in [5, 5.41) is 0.629. The smallest absolute Gasteiger partial charge is 0.138 e. The number of pyridine rings is 1. The van der Waals surface area contributed by atoms with Gasteiger partial charge in [0.2, 0.25) is 0 Å². The molecule has 0 aliphatic rings. The van der Waals surface area contributed by atoms with E-state index in [1.54, 1.807) is 0 Å². The van der Waals surface area contributed by atoms with Crippen molar-refractivity contribution in [1.82, 2.24) is 9.38 Å². The topological polar surface area (TPSA) is 43.3 Å². The number of imidazole rings is 1. The molecule has 1 aromatic carbocycles. The van der Waals surface area contributed by atoms with Gasteiger partial charge in [0.05, 0.1) is 11.4 Å². The standard InChI is InChI=1S/C15H14ClN3/c1-10-5-7-11(8-6-10)15-12(9-17)19-13(16)3-2-4-14(19)18-15/h2-8H,9,17H2,1H3. The van der Waals surface area contributed by atoms with Crippen LogP contribution in [0, 0.1) is 6.92 Å². The van der Waals surface area contributed by atoms with E-state index in [9.17, 15) is 0 Å². The largest absolute Gasteiger partial charge is 0.325 e. The van der Waals surface area contributed by atoms with Gasteiger partial charge in [-0.2, -0.15) is 0 Å². The number of hydrogen-bond acceptors (Lipinski definition) is 2. The van der Waals surface area contributed by atoms with Gasteiger partial charge in [-0.15, -0.1) is 0 Å². The lowest BCUT2D eigenvalue weighted by Crippen LogP contribution is -2.03. The molecule has 0 fully saturated rings. The molecule has 0 amide bonds. The number of aromatic nitrogens is 2. The highest BCUT2D eigenvalue weighted by Crippen LogP contribution is 2.26. The second kappa shape index (κ2) is 4.68. The Bertz CT molecular complexity index is 729. The fourth-order valence-electron chi connectivity index (χ4n) is 2.24. The number of hydrogen-bond donors (Lipinski definition) is 1. The minimum atomic E-state index is 0.397. The molecule has 4 heteroatoms. The molecular formula is C15H14ClN3. The first kappa shape index (κ1) is 12.2. The van der Waals surface area contributed by atoms with E-state index >= 15 is 0 Å². The zero-order chi connectivity index (χ0) is 13.4. The quantitative estimate of drug-likeness (QED) is 0.726.